The summed E-state index contributed by atoms with van der Waals surface area (Å²) in [4.78, 5) is 0. The third kappa shape index (κ3) is 3.08. The minimum atomic E-state index is -0.212. The molecule has 2 aromatic rings. The Kier molecular flexibility index (Phi) is 4.46. The van der Waals surface area contributed by atoms with Crippen molar-refractivity contribution >= 4 is 23.2 Å². The summed E-state index contributed by atoms with van der Waals surface area (Å²) in [6, 6.07) is 10.2. The van der Waals surface area contributed by atoms with E-state index in [4.69, 9.17) is 23.2 Å². The highest BCUT2D eigenvalue weighted by Crippen LogP contribution is 2.31. The van der Waals surface area contributed by atoms with Crippen LogP contribution < -0.4 is 5.32 Å². The molecule has 0 heterocycles. The number of benzene rings is 2. The normalized spacial score (nSPS) is 12.5. The highest BCUT2D eigenvalue weighted by atomic mass is 35.5. The van der Waals surface area contributed by atoms with Gasteiger partial charge in [-0.05, 0) is 54.9 Å². The van der Waals surface area contributed by atoms with Crippen molar-refractivity contribution < 1.29 is 4.39 Å². The predicted octanol–water partition coefficient (Wildman–Crippen LogP) is 4.75. The van der Waals surface area contributed by atoms with Gasteiger partial charge in [-0.2, -0.15) is 0 Å². The second kappa shape index (κ2) is 5.91. The number of nitrogens with one attached hydrogen (secondary N) is 1. The van der Waals surface area contributed by atoms with Crippen LogP contribution in [-0.4, -0.2) is 7.05 Å². The number of rotatable bonds is 3. The molecule has 1 unspecified atom stereocenters. The second-order valence-electron chi connectivity index (χ2n) is 4.40. The molecule has 0 fully saturated rings. The number of hydrogen-bond donors (Lipinski definition) is 1. The van der Waals surface area contributed by atoms with Crippen LogP contribution in [-0.2, 0) is 0 Å². The Morgan fingerprint density at radius 2 is 1.84 bits per heavy atom. The van der Waals surface area contributed by atoms with Gasteiger partial charge in [-0.15, -0.1) is 0 Å². The van der Waals surface area contributed by atoms with Crippen molar-refractivity contribution in [2.45, 2.75) is 13.0 Å². The van der Waals surface area contributed by atoms with Gasteiger partial charge >= 0.3 is 0 Å². The van der Waals surface area contributed by atoms with Crippen molar-refractivity contribution in [2.24, 2.45) is 0 Å². The zero-order chi connectivity index (χ0) is 14.0. The van der Waals surface area contributed by atoms with E-state index in [0.717, 1.165) is 11.1 Å². The highest BCUT2D eigenvalue weighted by Gasteiger charge is 2.16. The molecular formula is C15H14Cl2FN. The van der Waals surface area contributed by atoms with Gasteiger partial charge in [0.25, 0.3) is 0 Å². The van der Waals surface area contributed by atoms with E-state index in [2.05, 4.69) is 5.32 Å². The lowest BCUT2D eigenvalue weighted by Crippen LogP contribution is -2.18. The number of hydrogen-bond acceptors (Lipinski definition) is 1. The molecule has 0 spiro atoms. The Labute approximate surface area is 122 Å². The Morgan fingerprint density at radius 1 is 1.11 bits per heavy atom. The molecule has 4 heteroatoms. The Morgan fingerprint density at radius 3 is 2.47 bits per heavy atom. The molecule has 1 nitrogen and oxygen atoms in total. The predicted molar refractivity (Wildman–Crippen MR) is 78.5 cm³/mol. The van der Waals surface area contributed by atoms with Gasteiger partial charge in [0.05, 0.1) is 6.04 Å². The Bertz CT molecular complexity index is 599. The summed E-state index contributed by atoms with van der Waals surface area (Å²) < 4.78 is 13.3. The number of aryl methyl sites for hydroxylation is 1. The van der Waals surface area contributed by atoms with Crippen LogP contribution in [0.4, 0.5) is 4.39 Å². The maximum atomic E-state index is 13.3. The third-order valence-corrected chi connectivity index (χ3v) is 3.65. The fourth-order valence-corrected chi connectivity index (χ4v) is 2.49. The molecule has 0 saturated heterocycles. The summed E-state index contributed by atoms with van der Waals surface area (Å²) in [5.74, 6) is -0.212. The first-order valence-electron chi connectivity index (χ1n) is 5.91. The zero-order valence-corrected chi connectivity index (χ0v) is 12.2. The molecule has 2 aromatic carbocycles. The molecule has 0 saturated carbocycles. The van der Waals surface area contributed by atoms with Crippen molar-refractivity contribution in [2.75, 3.05) is 7.05 Å². The zero-order valence-electron chi connectivity index (χ0n) is 10.7. The maximum absolute atomic E-state index is 13.3. The third-order valence-electron chi connectivity index (χ3n) is 3.07. The molecule has 19 heavy (non-hydrogen) atoms. The lowest BCUT2D eigenvalue weighted by atomic mass is 9.97. The molecule has 0 aromatic heterocycles. The Balaban J connectivity index is 2.49. The van der Waals surface area contributed by atoms with Crippen LogP contribution in [0.5, 0.6) is 0 Å². The van der Waals surface area contributed by atoms with Gasteiger partial charge in [-0.25, -0.2) is 4.39 Å². The summed E-state index contributed by atoms with van der Waals surface area (Å²) in [6.07, 6.45) is 0. The van der Waals surface area contributed by atoms with E-state index in [1.165, 1.54) is 6.07 Å². The van der Waals surface area contributed by atoms with Crippen molar-refractivity contribution in [3.8, 4) is 0 Å². The van der Waals surface area contributed by atoms with Crippen LogP contribution in [0, 0.1) is 12.7 Å². The van der Waals surface area contributed by atoms with Crippen molar-refractivity contribution in [3.05, 3.63) is 69.0 Å². The molecule has 0 aliphatic rings. The van der Waals surface area contributed by atoms with E-state index >= 15 is 0 Å². The van der Waals surface area contributed by atoms with Crippen LogP contribution in [0.2, 0.25) is 10.0 Å². The van der Waals surface area contributed by atoms with E-state index in [1.54, 1.807) is 25.1 Å². The van der Waals surface area contributed by atoms with Crippen molar-refractivity contribution in [1.82, 2.24) is 5.32 Å². The summed E-state index contributed by atoms with van der Waals surface area (Å²) >= 11 is 12.2. The first kappa shape index (κ1) is 14.3. The average molecular weight is 298 g/mol. The van der Waals surface area contributed by atoms with Crippen LogP contribution in [0.3, 0.4) is 0 Å². The summed E-state index contributed by atoms with van der Waals surface area (Å²) in [5, 5.41) is 4.44. The van der Waals surface area contributed by atoms with Gasteiger partial charge in [0.1, 0.15) is 5.82 Å². The molecule has 100 valence electrons. The number of halogens is 3. The molecule has 1 atom stereocenters. The van der Waals surface area contributed by atoms with Gasteiger partial charge in [0.15, 0.2) is 0 Å². The molecule has 2 rings (SSSR count). The molecule has 0 bridgehead atoms. The summed E-state index contributed by atoms with van der Waals surface area (Å²) in [6.45, 7) is 1.74. The topological polar surface area (TPSA) is 12.0 Å². The van der Waals surface area contributed by atoms with E-state index in [0.29, 0.717) is 15.6 Å². The smallest absolute Gasteiger partial charge is 0.126 e. The van der Waals surface area contributed by atoms with Gasteiger partial charge in [-0.3, -0.25) is 0 Å². The van der Waals surface area contributed by atoms with Crippen LogP contribution in [0.15, 0.2) is 36.4 Å². The minimum Gasteiger partial charge on any atom is -0.309 e. The SMILES string of the molecule is CNC(c1ccc(F)c(C)c1)c1cc(Cl)ccc1Cl. The van der Waals surface area contributed by atoms with Crippen LogP contribution >= 0.6 is 23.2 Å². The standard InChI is InChI=1S/C15H14Cl2FN/c1-9-7-10(3-6-14(9)18)15(19-2)12-8-11(16)4-5-13(12)17/h3-8,15,19H,1-2H3. The van der Waals surface area contributed by atoms with E-state index < -0.39 is 0 Å². The van der Waals surface area contributed by atoms with Crippen molar-refractivity contribution in [1.29, 1.82) is 0 Å². The molecular weight excluding hydrogens is 284 g/mol. The van der Waals surface area contributed by atoms with Gasteiger partial charge in [0, 0.05) is 10.0 Å². The highest BCUT2D eigenvalue weighted by molar-refractivity contribution is 6.33. The molecule has 1 N–H and O–H groups in total. The van der Waals surface area contributed by atoms with Gasteiger partial charge in [0.2, 0.25) is 0 Å². The van der Waals surface area contributed by atoms with E-state index in [-0.39, 0.29) is 11.9 Å². The monoisotopic (exact) mass is 297 g/mol. The fraction of sp³-hybridized carbons (Fsp3) is 0.200. The molecule has 0 amide bonds. The van der Waals surface area contributed by atoms with Crippen molar-refractivity contribution in [3.63, 3.8) is 0 Å². The fourth-order valence-electron chi connectivity index (χ4n) is 2.09. The lowest BCUT2D eigenvalue weighted by molar-refractivity contribution is 0.614. The second-order valence-corrected chi connectivity index (χ2v) is 5.24. The Hall–Kier alpha value is -1.09. The van der Waals surface area contributed by atoms with Gasteiger partial charge in [-0.1, -0.05) is 35.3 Å². The maximum Gasteiger partial charge on any atom is 0.126 e. The largest absolute Gasteiger partial charge is 0.309 e. The first-order chi connectivity index (χ1) is 9.02. The molecule has 0 radical (unpaired) electrons. The first-order valence-corrected chi connectivity index (χ1v) is 6.66. The van der Waals surface area contributed by atoms with Gasteiger partial charge < -0.3 is 5.32 Å². The van der Waals surface area contributed by atoms with E-state index in [9.17, 15) is 4.39 Å². The summed E-state index contributed by atoms with van der Waals surface area (Å²) in [5.41, 5.74) is 2.43. The molecule has 0 aliphatic carbocycles. The van der Waals surface area contributed by atoms with Crippen LogP contribution in [0.1, 0.15) is 22.7 Å². The lowest BCUT2D eigenvalue weighted by Gasteiger charge is -2.19. The minimum absolute atomic E-state index is 0.120. The average Bonchev–Trinajstić information content (AvgIpc) is 2.38. The van der Waals surface area contributed by atoms with E-state index in [1.807, 2.05) is 19.2 Å². The summed E-state index contributed by atoms with van der Waals surface area (Å²) in [7, 11) is 1.83. The quantitative estimate of drug-likeness (QED) is 0.862. The van der Waals surface area contributed by atoms with Crippen LogP contribution in [0.25, 0.3) is 0 Å². The molecule has 0 aliphatic heterocycles.